The predicted molar refractivity (Wildman–Crippen MR) is 127 cm³/mol. The van der Waals surface area contributed by atoms with Gasteiger partial charge in [-0.05, 0) is 49.8 Å². The van der Waals surface area contributed by atoms with Crippen LogP contribution >= 0.6 is 0 Å². The molecule has 8 heteroatoms. The Bertz CT molecular complexity index is 1040. The van der Waals surface area contributed by atoms with E-state index in [0.29, 0.717) is 12.8 Å². The standard InChI is InChI=1S/C27H33F3N2O3/c1-19-9-10-23(34-2)21(17-19)22-18-31-14-11-25(22)12-15-32(16-13-25)24(33)26(35-3,27(28,29)30)20-7-5-4-6-8-20/h4-10,17,22,31H,11-16,18H2,1-3H3/t22?,26-/m1/s1. The summed E-state index contributed by atoms with van der Waals surface area (Å²) in [5.74, 6) is -0.0822. The first-order chi connectivity index (χ1) is 16.7. The Labute approximate surface area is 204 Å². The Morgan fingerprint density at radius 3 is 2.34 bits per heavy atom. The van der Waals surface area contributed by atoms with Gasteiger partial charge in [0.05, 0.1) is 7.11 Å². The van der Waals surface area contributed by atoms with Crippen LogP contribution in [0.3, 0.4) is 0 Å². The van der Waals surface area contributed by atoms with Gasteiger partial charge in [0, 0.05) is 38.2 Å². The molecule has 2 fully saturated rings. The number of carbonyl (C=O) groups excluding carboxylic acids is 1. The molecule has 35 heavy (non-hydrogen) atoms. The van der Waals surface area contributed by atoms with Gasteiger partial charge in [-0.1, -0.05) is 48.0 Å². The first-order valence-corrected chi connectivity index (χ1v) is 12.0. The molecule has 190 valence electrons. The quantitative estimate of drug-likeness (QED) is 0.655. The number of likely N-dealkylation sites (tertiary alicyclic amines) is 1. The second-order valence-corrected chi connectivity index (χ2v) is 9.66. The number of ether oxygens (including phenoxy) is 2. The zero-order chi connectivity index (χ0) is 25.3. The molecule has 2 aliphatic heterocycles. The lowest BCUT2D eigenvalue weighted by atomic mass is 9.62. The van der Waals surface area contributed by atoms with Gasteiger partial charge in [0.25, 0.3) is 11.5 Å². The number of nitrogens with zero attached hydrogens (tertiary/aromatic N) is 1. The maximum absolute atomic E-state index is 14.4. The Kier molecular flexibility index (Phi) is 7.16. The van der Waals surface area contributed by atoms with E-state index in [1.54, 1.807) is 13.2 Å². The van der Waals surface area contributed by atoms with Crippen LogP contribution in [0, 0.1) is 12.3 Å². The number of piperidine rings is 2. The van der Waals surface area contributed by atoms with E-state index in [2.05, 4.69) is 11.4 Å². The molecule has 2 atom stereocenters. The fourth-order valence-electron chi connectivity index (χ4n) is 5.92. The minimum atomic E-state index is -4.90. The Morgan fingerprint density at radius 2 is 1.74 bits per heavy atom. The molecule has 4 rings (SSSR count). The molecule has 2 saturated heterocycles. The smallest absolute Gasteiger partial charge is 0.430 e. The van der Waals surface area contributed by atoms with Crippen molar-refractivity contribution in [3.05, 3.63) is 65.2 Å². The summed E-state index contributed by atoms with van der Waals surface area (Å²) >= 11 is 0. The first kappa shape index (κ1) is 25.5. The molecular weight excluding hydrogens is 457 g/mol. The number of halogens is 3. The lowest BCUT2D eigenvalue weighted by molar-refractivity contribution is -0.271. The normalized spacial score (nSPS) is 22.0. The number of benzene rings is 2. The molecule has 5 nitrogen and oxygen atoms in total. The molecule has 1 unspecified atom stereocenters. The third-order valence-electron chi connectivity index (χ3n) is 7.88. The van der Waals surface area contributed by atoms with Crippen molar-refractivity contribution in [3.8, 4) is 5.75 Å². The van der Waals surface area contributed by atoms with E-state index in [9.17, 15) is 18.0 Å². The van der Waals surface area contributed by atoms with Crippen LogP contribution < -0.4 is 10.1 Å². The summed E-state index contributed by atoms with van der Waals surface area (Å²) in [6, 6.07) is 13.3. The highest BCUT2D eigenvalue weighted by Crippen LogP contribution is 2.51. The van der Waals surface area contributed by atoms with E-state index in [0.717, 1.165) is 43.5 Å². The van der Waals surface area contributed by atoms with Crippen molar-refractivity contribution < 1.29 is 27.4 Å². The van der Waals surface area contributed by atoms with Crippen LogP contribution in [-0.4, -0.2) is 57.4 Å². The fourth-order valence-corrected chi connectivity index (χ4v) is 5.92. The average molecular weight is 491 g/mol. The molecule has 1 spiro atoms. The molecule has 0 radical (unpaired) electrons. The maximum Gasteiger partial charge on any atom is 0.430 e. The maximum atomic E-state index is 14.4. The van der Waals surface area contributed by atoms with Gasteiger partial charge in [0.1, 0.15) is 5.75 Å². The fraction of sp³-hybridized carbons (Fsp3) is 0.519. The number of carbonyl (C=O) groups is 1. The zero-order valence-electron chi connectivity index (χ0n) is 20.5. The van der Waals surface area contributed by atoms with Crippen molar-refractivity contribution >= 4 is 5.91 Å². The highest BCUT2D eigenvalue weighted by atomic mass is 19.4. The van der Waals surface area contributed by atoms with Crippen molar-refractivity contribution in [2.75, 3.05) is 40.4 Å². The summed E-state index contributed by atoms with van der Waals surface area (Å²) in [6.45, 7) is 4.14. The molecule has 1 amide bonds. The van der Waals surface area contributed by atoms with Gasteiger partial charge in [-0.15, -0.1) is 0 Å². The van der Waals surface area contributed by atoms with E-state index < -0.39 is 17.7 Å². The molecule has 1 N–H and O–H groups in total. The van der Waals surface area contributed by atoms with Crippen LogP contribution in [0.2, 0.25) is 0 Å². The Hall–Kier alpha value is -2.58. The molecule has 2 aromatic carbocycles. The van der Waals surface area contributed by atoms with Crippen molar-refractivity contribution in [2.24, 2.45) is 5.41 Å². The van der Waals surface area contributed by atoms with Gasteiger partial charge in [-0.3, -0.25) is 4.79 Å². The van der Waals surface area contributed by atoms with E-state index in [4.69, 9.17) is 9.47 Å². The number of aryl methyl sites for hydroxylation is 1. The van der Waals surface area contributed by atoms with E-state index in [1.807, 2.05) is 19.1 Å². The third kappa shape index (κ3) is 4.42. The van der Waals surface area contributed by atoms with Crippen LogP contribution in [0.4, 0.5) is 13.2 Å². The number of hydrogen-bond acceptors (Lipinski definition) is 4. The average Bonchev–Trinajstić information content (AvgIpc) is 2.85. The monoisotopic (exact) mass is 490 g/mol. The van der Waals surface area contributed by atoms with Crippen LogP contribution in [0.5, 0.6) is 5.75 Å². The van der Waals surface area contributed by atoms with Crippen molar-refractivity contribution in [3.63, 3.8) is 0 Å². The van der Waals surface area contributed by atoms with Gasteiger partial charge in [-0.25, -0.2) is 0 Å². The summed E-state index contributed by atoms with van der Waals surface area (Å²) < 4.78 is 54.0. The van der Waals surface area contributed by atoms with Crippen LogP contribution in [0.1, 0.15) is 41.9 Å². The molecule has 2 heterocycles. The summed E-state index contributed by atoms with van der Waals surface area (Å²) in [6.07, 6.45) is -2.77. The van der Waals surface area contributed by atoms with E-state index >= 15 is 0 Å². The summed E-state index contributed by atoms with van der Waals surface area (Å²) in [7, 11) is 2.61. The molecule has 0 aliphatic carbocycles. The second-order valence-electron chi connectivity index (χ2n) is 9.66. The van der Waals surface area contributed by atoms with Crippen molar-refractivity contribution in [1.29, 1.82) is 0 Å². The molecular formula is C27H33F3N2O3. The number of amides is 1. The molecule has 0 saturated carbocycles. The van der Waals surface area contributed by atoms with Crippen LogP contribution in [0.25, 0.3) is 0 Å². The van der Waals surface area contributed by atoms with Gasteiger partial charge in [0.2, 0.25) is 0 Å². The van der Waals surface area contributed by atoms with Crippen LogP contribution in [0.15, 0.2) is 48.5 Å². The molecule has 2 aromatic rings. The van der Waals surface area contributed by atoms with Crippen LogP contribution in [-0.2, 0) is 15.1 Å². The third-order valence-corrected chi connectivity index (χ3v) is 7.88. The minimum absolute atomic E-state index is 0.121. The molecule has 0 aromatic heterocycles. The number of rotatable bonds is 5. The Balaban J connectivity index is 1.62. The molecule has 2 aliphatic rings. The largest absolute Gasteiger partial charge is 0.496 e. The number of alkyl halides is 3. The summed E-state index contributed by atoms with van der Waals surface area (Å²) in [5, 5.41) is 3.48. The van der Waals surface area contributed by atoms with Gasteiger partial charge < -0.3 is 19.7 Å². The Morgan fingerprint density at radius 1 is 1.06 bits per heavy atom. The van der Waals surface area contributed by atoms with Crippen molar-refractivity contribution in [2.45, 2.75) is 43.9 Å². The lowest BCUT2D eigenvalue weighted by Gasteiger charge is -2.51. The van der Waals surface area contributed by atoms with Crippen molar-refractivity contribution in [1.82, 2.24) is 10.2 Å². The second kappa shape index (κ2) is 9.82. The summed E-state index contributed by atoms with van der Waals surface area (Å²) in [5.41, 5.74) is -1.10. The summed E-state index contributed by atoms with van der Waals surface area (Å²) in [4.78, 5) is 14.8. The lowest BCUT2D eigenvalue weighted by Crippen LogP contribution is -2.59. The minimum Gasteiger partial charge on any atom is -0.496 e. The van der Waals surface area contributed by atoms with Gasteiger partial charge in [-0.2, -0.15) is 13.2 Å². The number of hydrogen-bond donors (Lipinski definition) is 1. The van der Waals surface area contributed by atoms with Gasteiger partial charge in [0.15, 0.2) is 0 Å². The van der Waals surface area contributed by atoms with Gasteiger partial charge >= 0.3 is 6.18 Å². The predicted octanol–water partition coefficient (Wildman–Crippen LogP) is 4.79. The van der Waals surface area contributed by atoms with E-state index in [-0.39, 0.29) is 30.0 Å². The first-order valence-electron chi connectivity index (χ1n) is 12.0. The topological polar surface area (TPSA) is 50.8 Å². The number of methoxy groups -OCH3 is 2. The SMILES string of the molecule is COc1ccc(C)cc1C1CNCCC12CCN(C(=O)[C@](OC)(c1ccccc1)C(F)(F)F)CC2. The highest BCUT2D eigenvalue weighted by molar-refractivity contribution is 5.88. The number of nitrogens with one attached hydrogen (secondary N) is 1. The molecule has 0 bridgehead atoms. The van der Waals surface area contributed by atoms with E-state index in [1.165, 1.54) is 29.2 Å². The zero-order valence-corrected chi connectivity index (χ0v) is 20.5. The highest BCUT2D eigenvalue weighted by Gasteiger charge is 2.64.